The van der Waals surface area contributed by atoms with E-state index in [4.69, 9.17) is 22.7 Å². The second kappa shape index (κ2) is 6.12. The highest BCUT2D eigenvalue weighted by atomic mass is 32.1. The predicted octanol–water partition coefficient (Wildman–Crippen LogP) is 0.952. The van der Waals surface area contributed by atoms with E-state index in [9.17, 15) is 4.79 Å². The van der Waals surface area contributed by atoms with Gasteiger partial charge in [-0.05, 0) is 19.3 Å². The van der Waals surface area contributed by atoms with Crippen molar-refractivity contribution < 1.29 is 9.53 Å². The van der Waals surface area contributed by atoms with Gasteiger partial charge in [0.1, 0.15) is 10.8 Å². The normalized spacial score (nSPS) is 18.5. The van der Waals surface area contributed by atoms with Gasteiger partial charge in [-0.25, -0.2) is 0 Å². The summed E-state index contributed by atoms with van der Waals surface area (Å²) in [6.45, 7) is 0.805. The van der Waals surface area contributed by atoms with Crippen LogP contribution in [0, 0.1) is 0 Å². The maximum absolute atomic E-state index is 11.9. The van der Waals surface area contributed by atoms with Crippen molar-refractivity contribution in [3.63, 3.8) is 0 Å². The molecular formula is C12H18N4O2S. The number of nitrogens with two attached hydrogens (primary N) is 1. The van der Waals surface area contributed by atoms with Crippen LogP contribution in [0.15, 0.2) is 6.20 Å². The van der Waals surface area contributed by atoms with E-state index < -0.39 is 0 Å². The second-order valence-electron chi connectivity index (χ2n) is 4.62. The van der Waals surface area contributed by atoms with E-state index in [1.807, 2.05) is 0 Å². The van der Waals surface area contributed by atoms with Crippen molar-refractivity contribution in [3.05, 3.63) is 11.8 Å². The number of carbonyl (C=O) groups excluding carboxylic acids is 1. The van der Waals surface area contributed by atoms with Gasteiger partial charge in [-0.15, -0.1) is 0 Å². The number of hydrogen-bond acceptors (Lipinski definition) is 4. The Labute approximate surface area is 117 Å². The van der Waals surface area contributed by atoms with Crippen LogP contribution in [0.4, 0.5) is 5.82 Å². The molecule has 1 aromatic heterocycles. The molecular weight excluding hydrogens is 264 g/mol. The van der Waals surface area contributed by atoms with Crippen LogP contribution in [0.3, 0.4) is 0 Å². The maximum atomic E-state index is 11.9. The van der Waals surface area contributed by atoms with Crippen molar-refractivity contribution in [2.45, 2.75) is 31.8 Å². The van der Waals surface area contributed by atoms with Crippen molar-refractivity contribution in [3.8, 4) is 0 Å². The van der Waals surface area contributed by atoms with Gasteiger partial charge in [-0.2, -0.15) is 5.10 Å². The number of ether oxygens (including phenoxy) is 1. The molecule has 1 unspecified atom stereocenters. The Morgan fingerprint density at radius 1 is 1.74 bits per heavy atom. The molecule has 0 saturated carbocycles. The number of carbonyl (C=O) groups is 1. The molecule has 2 heterocycles. The summed E-state index contributed by atoms with van der Waals surface area (Å²) < 4.78 is 7.04. The molecule has 0 spiro atoms. The number of hydrogen-bond donors (Lipinski definition) is 2. The zero-order chi connectivity index (χ0) is 13.8. The minimum atomic E-state index is -0.0726. The summed E-state index contributed by atoms with van der Waals surface area (Å²) in [6, 6.07) is 0. The third-order valence-electron chi connectivity index (χ3n) is 3.18. The first kappa shape index (κ1) is 14.0. The minimum absolute atomic E-state index is 0.0726. The lowest BCUT2D eigenvalue weighted by atomic mass is 10.1. The highest BCUT2D eigenvalue weighted by molar-refractivity contribution is 7.80. The molecule has 1 saturated heterocycles. The maximum Gasteiger partial charge on any atom is 0.225 e. The van der Waals surface area contributed by atoms with Crippen LogP contribution in [0.25, 0.3) is 0 Å². The molecule has 1 amide bonds. The molecule has 19 heavy (non-hydrogen) atoms. The zero-order valence-corrected chi connectivity index (χ0v) is 11.7. The van der Waals surface area contributed by atoms with Crippen LogP contribution in [0.2, 0.25) is 0 Å². The number of nitrogens with zero attached hydrogens (tertiary/aromatic N) is 2. The van der Waals surface area contributed by atoms with Crippen molar-refractivity contribution >= 4 is 28.9 Å². The molecule has 104 valence electrons. The summed E-state index contributed by atoms with van der Waals surface area (Å²) in [5, 5.41) is 6.84. The molecule has 1 aliphatic rings. The molecule has 1 atom stereocenters. The van der Waals surface area contributed by atoms with Gasteiger partial charge >= 0.3 is 0 Å². The lowest BCUT2D eigenvalue weighted by molar-refractivity contribution is -0.116. The Morgan fingerprint density at radius 3 is 3.16 bits per heavy atom. The zero-order valence-electron chi connectivity index (χ0n) is 10.9. The number of thiocarbonyl (C=S) groups is 1. The van der Waals surface area contributed by atoms with E-state index in [1.165, 1.54) is 0 Å². The van der Waals surface area contributed by atoms with Gasteiger partial charge in [0.05, 0.1) is 17.9 Å². The van der Waals surface area contributed by atoms with E-state index in [0.717, 1.165) is 25.9 Å². The third-order valence-corrected chi connectivity index (χ3v) is 3.40. The summed E-state index contributed by atoms with van der Waals surface area (Å²) in [5.41, 5.74) is 6.17. The number of amides is 1. The molecule has 0 radical (unpaired) electrons. The molecule has 0 aromatic carbocycles. The fourth-order valence-corrected chi connectivity index (χ4v) is 2.27. The first-order chi connectivity index (χ1) is 9.08. The molecule has 1 fully saturated rings. The van der Waals surface area contributed by atoms with Crippen LogP contribution >= 0.6 is 12.2 Å². The van der Waals surface area contributed by atoms with Gasteiger partial charge < -0.3 is 15.8 Å². The number of rotatable bonds is 5. The van der Waals surface area contributed by atoms with Crippen molar-refractivity contribution in [1.29, 1.82) is 0 Å². The van der Waals surface area contributed by atoms with Gasteiger partial charge in [0.2, 0.25) is 5.91 Å². The standard InChI is InChI=1S/C12H18N4O2S/c1-16-12(9(7-14-16)11(13)19)15-10(17)5-4-8-3-2-6-18-8/h7-8H,2-6H2,1H3,(H2,13,19)(H,15,17). The average Bonchev–Trinajstić information content (AvgIpc) is 2.98. The number of aromatic nitrogens is 2. The van der Waals surface area contributed by atoms with E-state index in [0.29, 0.717) is 17.8 Å². The smallest absolute Gasteiger partial charge is 0.225 e. The molecule has 6 nitrogen and oxygen atoms in total. The summed E-state index contributed by atoms with van der Waals surface area (Å²) in [6.07, 6.45) is 5.06. The first-order valence-electron chi connectivity index (χ1n) is 6.31. The Morgan fingerprint density at radius 2 is 2.53 bits per heavy atom. The minimum Gasteiger partial charge on any atom is -0.389 e. The molecule has 0 aliphatic carbocycles. The Bertz CT molecular complexity index is 480. The van der Waals surface area contributed by atoms with Crippen LogP contribution in [0.5, 0.6) is 0 Å². The fraction of sp³-hybridized carbons (Fsp3) is 0.583. The lowest BCUT2D eigenvalue weighted by Gasteiger charge is -2.10. The number of aryl methyl sites for hydroxylation is 1. The Hall–Kier alpha value is -1.47. The third kappa shape index (κ3) is 3.51. The molecule has 2 rings (SSSR count). The predicted molar refractivity (Wildman–Crippen MR) is 75.9 cm³/mol. The highest BCUT2D eigenvalue weighted by Crippen LogP contribution is 2.18. The van der Waals surface area contributed by atoms with Crippen molar-refractivity contribution in [2.75, 3.05) is 11.9 Å². The van der Waals surface area contributed by atoms with Gasteiger partial charge in [0.25, 0.3) is 0 Å². The van der Waals surface area contributed by atoms with Gasteiger partial charge in [0.15, 0.2) is 0 Å². The molecule has 7 heteroatoms. The average molecular weight is 282 g/mol. The topological polar surface area (TPSA) is 82.2 Å². The molecule has 3 N–H and O–H groups in total. The number of nitrogens with one attached hydrogen (secondary N) is 1. The summed E-state index contributed by atoms with van der Waals surface area (Å²) >= 11 is 4.92. The van der Waals surface area contributed by atoms with E-state index in [1.54, 1.807) is 17.9 Å². The van der Waals surface area contributed by atoms with Crippen molar-refractivity contribution in [2.24, 2.45) is 12.8 Å². The van der Waals surface area contributed by atoms with Gasteiger partial charge in [-0.1, -0.05) is 12.2 Å². The fourth-order valence-electron chi connectivity index (χ4n) is 2.12. The van der Waals surface area contributed by atoms with E-state index >= 15 is 0 Å². The van der Waals surface area contributed by atoms with E-state index in [-0.39, 0.29) is 17.0 Å². The van der Waals surface area contributed by atoms with E-state index in [2.05, 4.69) is 10.4 Å². The molecule has 1 aromatic rings. The molecule has 1 aliphatic heterocycles. The van der Waals surface area contributed by atoms with Crippen LogP contribution < -0.4 is 11.1 Å². The summed E-state index contributed by atoms with van der Waals surface area (Å²) in [5.74, 6) is 0.474. The van der Waals surface area contributed by atoms with Crippen molar-refractivity contribution in [1.82, 2.24) is 9.78 Å². The van der Waals surface area contributed by atoms with Gasteiger partial charge in [0, 0.05) is 20.1 Å². The molecule has 0 bridgehead atoms. The van der Waals surface area contributed by atoms with Crippen LogP contribution in [-0.4, -0.2) is 33.4 Å². The first-order valence-corrected chi connectivity index (χ1v) is 6.72. The van der Waals surface area contributed by atoms with Crippen LogP contribution in [-0.2, 0) is 16.6 Å². The number of anilines is 1. The van der Waals surface area contributed by atoms with Gasteiger partial charge in [-0.3, -0.25) is 9.48 Å². The lowest BCUT2D eigenvalue weighted by Crippen LogP contribution is -2.20. The monoisotopic (exact) mass is 282 g/mol. The Balaban J connectivity index is 1.91. The Kier molecular flexibility index (Phi) is 4.49. The SMILES string of the molecule is Cn1ncc(C(N)=S)c1NC(=O)CCC1CCCO1. The quantitative estimate of drug-likeness (QED) is 0.786. The second-order valence-corrected chi connectivity index (χ2v) is 5.06. The highest BCUT2D eigenvalue weighted by Gasteiger charge is 2.18. The summed E-state index contributed by atoms with van der Waals surface area (Å²) in [4.78, 5) is 12.1. The summed E-state index contributed by atoms with van der Waals surface area (Å²) in [7, 11) is 1.73. The van der Waals surface area contributed by atoms with Crippen LogP contribution in [0.1, 0.15) is 31.2 Å². The largest absolute Gasteiger partial charge is 0.389 e.